The van der Waals surface area contributed by atoms with Gasteiger partial charge in [0, 0.05) is 5.75 Å². The van der Waals surface area contributed by atoms with Crippen molar-refractivity contribution in [3.63, 3.8) is 0 Å². The predicted molar refractivity (Wildman–Crippen MR) is 56.6 cm³/mol. The number of aromatic nitrogens is 2. The molecule has 1 atom stereocenters. The molecule has 0 saturated carbocycles. The standard InChI is InChI=1S/C10H10N2OS/c1-2-4-9-8(3-1)11-10(12-9)14-6-7-5-13-7/h1-4,7H,5-6H2,(H,11,12). The van der Waals surface area contributed by atoms with Gasteiger partial charge in [-0.1, -0.05) is 23.9 Å². The summed E-state index contributed by atoms with van der Waals surface area (Å²) in [6.45, 7) is 0.910. The third kappa shape index (κ3) is 1.63. The zero-order valence-electron chi connectivity index (χ0n) is 7.56. The van der Waals surface area contributed by atoms with Crippen LogP contribution in [0.2, 0.25) is 0 Å². The van der Waals surface area contributed by atoms with E-state index >= 15 is 0 Å². The molecule has 1 saturated heterocycles. The Morgan fingerprint density at radius 2 is 2.36 bits per heavy atom. The molecule has 2 heterocycles. The summed E-state index contributed by atoms with van der Waals surface area (Å²) >= 11 is 1.73. The molecule has 14 heavy (non-hydrogen) atoms. The van der Waals surface area contributed by atoms with Crippen molar-refractivity contribution in [2.24, 2.45) is 0 Å². The third-order valence-corrected chi connectivity index (χ3v) is 3.18. The van der Waals surface area contributed by atoms with Crippen molar-refractivity contribution in [1.82, 2.24) is 9.97 Å². The molecule has 3 nitrogen and oxygen atoms in total. The lowest BCUT2D eigenvalue weighted by molar-refractivity contribution is 0.426. The van der Waals surface area contributed by atoms with Crippen LogP contribution in [-0.2, 0) is 4.74 Å². The number of benzene rings is 1. The quantitative estimate of drug-likeness (QED) is 0.617. The number of nitrogens with one attached hydrogen (secondary N) is 1. The van der Waals surface area contributed by atoms with Crippen molar-refractivity contribution in [3.05, 3.63) is 24.3 Å². The smallest absolute Gasteiger partial charge is 0.166 e. The molecule has 1 aromatic heterocycles. The molecule has 72 valence electrons. The number of hydrogen-bond donors (Lipinski definition) is 1. The zero-order chi connectivity index (χ0) is 9.38. The van der Waals surface area contributed by atoms with Gasteiger partial charge in [-0.3, -0.25) is 0 Å². The summed E-state index contributed by atoms with van der Waals surface area (Å²) < 4.78 is 5.14. The summed E-state index contributed by atoms with van der Waals surface area (Å²) in [5.41, 5.74) is 2.14. The van der Waals surface area contributed by atoms with Crippen LogP contribution < -0.4 is 0 Å². The van der Waals surface area contributed by atoms with Gasteiger partial charge >= 0.3 is 0 Å². The van der Waals surface area contributed by atoms with Crippen molar-refractivity contribution in [3.8, 4) is 0 Å². The fourth-order valence-electron chi connectivity index (χ4n) is 1.33. The molecule has 0 radical (unpaired) electrons. The van der Waals surface area contributed by atoms with Gasteiger partial charge < -0.3 is 9.72 Å². The maximum atomic E-state index is 5.14. The second kappa shape index (κ2) is 3.29. The Morgan fingerprint density at radius 3 is 3.14 bits per heavy atom. The number of epoxide rings is 1. The fraction of sp³-hybridized carbons (Fsp3) is 0.300. The minimum Gasteiger partial charge on any atom is -0.372 e. The van der Waals surface area contributed by atoms with Crippen LogP contribution in [-0.4, -0.2) is 28.4 Å². The Bertz CT molecular complexity index is 417. The molecule has 3 rings (SSSR count). The maximum Gasteiger partial charge on any atom is 0.166 e. The number of rotatable bonds is 3. The highest BCUT2D eigenvalue weighted by atomic mass is 32.2. The fourth-order valence-corrected chi connectivity index (χ4v) is 2.22. The molecular weight excluding hydrogens is 196 g/mol. The Kier molecular flexibility index (Phi) is 1.96. The molecule has 1 aliphatic heterocycles. The van der Waals surface area contributed by atoms with E-state index in [2.05, 4.69) is 9.97 Å². The van der Waals surface area contributed by atoms with Crippen molar-refractivity contribution in [2.45, 2.75) is 11.3 Å². The van der Waals surface area contributed by atoms with Crippen LogP contribution in [0.1, 0.15) is 0 Å². The number of H-pyrrole nitrogens is 1. The number of fused-ring (bicyclic) bond motifs is 1. The number of nitrogens with zero attached hydrogens (tertiary/aromatic N) is 1. The van der Waals surface area contributed by atoms with Crippen molar-refractivity contribution >= 4 is 22.8 Å². The number of imidazole rings is 1. The lowest BCUT2D eigenvalue weighted by Gasteiger charge is -1.90. The SMILES string of the molecule is c1ccc2[nH]c(SCC3CO3)nc2c1. The first-order chi connectivity index (χ1) is 6.92. The van der Waals surface area contributed by atoms with Crippen LogP contribution >= 0.6 is 11.8 Å². The van der Waals surface area contributed by atoms with Gasteiger partial charge in [0.05, 0.1) is 23.7 Å². The number of ether oxygens (including phenoxy) is 1. The average Bonchev–Trinajstić information content (AvgIpc) is 2.94. The Morgan fingerprint density at radius 1 is 1.50 bits per heavy atom. The van der Waals surface area contributed by atoms with E-state index in [1.54, 1.807) is 11.8 Å². The highest BCUT2D eigenvalue weighted by Crippen LogP contribution is 2.23. The molecule has 0 spiro atoms. The van der Waals surface area contributed by atoms with E-state index in [0.29, 0.717) is 6.10 Å². The molecule has 1 fully saturated rings. The lowest BCUT2D eigenvalue weighted by atomic mass is 10.3. The van der Waals surface area contributed by atoms with Crippen LogP contribution in [0.15, 0.2) is 29.4 Å². The summed E-state index contributed by atoms with van der Waals surface area (Å²) in [5.74, 6) is 1.000. The van der Waals surface area contributed by atoms with Crippen molar-refractivity contribution in [2.75, 3.05) is 12.4 Å². The predicted octanol–water partition coefficient (Wildman–Crippen LogP) is 2.05. The minimum absolute atomic E-state index is 0.452. The normalized spacial score (nSPS) is 20.1. The summed E-state index contributed by atoms with van der Waals surface area (Å²) in [6, 6.07) is 8.07. The Balaban J connectivity index is 1.82. The molecule has 1 N–H and O–H groups in total. The van der Waals surface area contributed by atoms with Gasteiger partial charge in [0.25, 0.3) is 0 Å². The van der Waals surface area contributed by atoms with Crippen LogP contribution in [0.5, 0.6) is 0 Å². The van der Waals surface area contributed by atoms with E-state index in [1.165, 1.54) is 0 Å². The molecule has 0 aliphatic carbocycles. The Labute approximate surface area is 85.9 Å². The molecule has 1 aromatic carbocycles. The summed E-state index contributed by atoms with van der Waals surface area (Å²) in [6.07, 6.45) is 0.452. The van der Waals surface area contributed by atoms with E-state index < -0.39 is 0 Å². The largest absolute Gasteiger partial charge is 0.372 e. The second-order valence-electron chi connectivity index (χ2n) is 3.33. The monoisotopic (exact) mass is 206 g/mol. The first kappa shape index (κ1) is 8.32. The summed E-state index contributed by atoms with van der Waals surface area (Å²) in [4.78, 5) is 7.74. The topological polar surface area (TPSA) is 41.2 Å². The molecule has 4 heteroatoms. The lowest BCUT2D eigenvalue weighted by Crippen LogP contribution is -1.88. The summed E-state index contributed by atoms with van der Waals surface area (Å²) in [5, 5.41) is 0.988. The number of hydrogen-bond acceptors (Lipinski definition) is 3. The second-order valence-corrected chi connectivity index (χ2v) is 4.33. The number of thioether (sulfide) groups is 1. The highest BCUT2D eigenvalue weighted by Gasteiger charge is 2.22. The van der Waals surface area contributed by atoms with E-state index in [0.717, 1.165) is 28.5 Å². The molecule has 2 aromatic rings. The molecular formula is C10H10N2OS. The minimum atomic E-state index is 0.452. The first-order valence-electron chi connectivity index (χ1n) is 4.61. The van der Waals surface area contributed by atoms with Crippen LogP contribution in [0.25, 0.3) is 11.0 Å². The van der Waals surface area contributed by atoms with Crippen LogP contribution in [0.3, 0.4) is 0 Å². The van der Waals surface area contributed by atoms with Gasteiger partial charge in [0.1, 0.15) is 0 Å². The van der Waals surface area contributed by atoms with Crippen LogP contribution in [0, 0.1) is 0 Å². The number of aromatic amines is 1. The van der Waals surface area contributed by atoms with Gasteiger partial charge in [0.15, 0.2) is 5.16 Å². The molecule has 1 unspecified atom stereocenters. The third-order valence-electron chi connectivity index (χ3n) is 2.18. The first-order valence-corrected chi connectivity index (χ1v) is 5.59. The molecule has 0 bridgehead atoms. The van der Waals surface area contributed by atoms with E-state index in [4.69, 9.17) is 4.74 Å². The van der Waals surface area contributed by atoms with E-state index in [1.807, 2.05) is 24.3 Å². The average molecular weight is 206 g/mol. The van der Waals surface area contributed by atoms with E-state index in [-0.39, 0.29) is 0 Å². The van der Waals surface area contributed by atoms with Crippen molar-refractivity contribution in [1.29, 1.82) is 0 Å². The van der Waals surface area contributed by atoms with Crippen LogP contribution in [0.4, 0.5) is 0 Å². The van der Waals surface area contributed by atoms with E-state index in [9.17, 15) is 0 Å². The van der Waals surface area contributed by atoms with Gasteiger partial charge in [-0.25, -0.2) is 4.98 Å². The van der Waals surface area contributed by atoms with Gasteiger partial charge in [-0.2, -0.15) is 0 Å². The molecule has 1 aliphatic rings. The molecule has 0 amide bonds. The zero-order valence-corrected chi connectivity index (χ0v) is 8.38. The van der Waals surface area contributed by atoms with Crippen molar-refractivity contribution < 1.29 is 4.74 Å². The van der Waals surface area contributed by atoms with Gasteiger partial charge in [0.2, 0.25) is 0 Å². The number of para-hydroxylation sites is 2. The summed E-state index contributed by atoms with van der Waals surface area (Å²) in [7, 11) is 0. The Hall–Kier alpha value is -1.00. The maximum absolute atomic E-state index is 5.14. The highest BCUT2D eigenvalue weighted by molar-refractivity contribution is 7.99. The van der Waals surface area contributed by atoms with Gasteiger partial charge in [-0.15, -0.1) is 0 Å². The van der Waals surface area contributed by atoms with Gasteiger partial charge in [-0.05, 0) is 12.1 Å².